The maximum atomic E-state index is 12.2. The number of rotatable bonds is 9. The van der Waals surface area contributed by atoms with Crippen LogP contribution >= 0.6 is 23.1 Å². The normalized spacial score (nSPS) is 12.0. The second-order valence-corrected chi connectivity index (χ2v) is 8.79. The van der Waals surface area contributed by atoms with Crippen molar-refractivity contribution in [1.82, 2.24) is 25.0 Å². The predicted molar refractivity (Wildman–Crippen MR) is 119 cm³/mol. The molecule has 3 rings (SSSR count). The summed E-state index contributed by atoms with van der Waals surface area (Å²) in [7, 11) is 0. The van der Waals surface area contributed by atoms with Crippen LogP contribution in [-0.4, -0.2) is 36.6 Å². The van der Waals surface area contributed by atoms with E-state index in [1.807, 2.05) is 43.5 Å². The van der Waals surface area contributed by atoms with Crippen LogP contribution in [-0.2, 0) is 17.8 Å². The van der Waals surface area contributed by atoms with E-state index in [0.717, 1.165) is 23.0 Å². The second kappa shape index (κ2) is 10.0. The molecule has 0 bridgehead atoms. The van der Waals surface area contributed by atoms with E-state index in [0.29, 0.717) is 16.8 Å². The summed E-state index contributed by atoms with van der Waals surface area (Å²) >= 11 is 2.73. The van der Waals surface area contributed by atoms with Gasteiger partial charge < -0.3 is 9.30 Å². The lowest BCUT2D eigenvalue weighted by molar-refractivity contribution is -0.113. The third kappa shape index (κ3) is 5.37. The number of thioether (sulfide) groups is 1. The van der Waals surface area contributed by atoms with E-state index in [-0.39, 0.29) is 17.8 Å². The summed E-state index contributed by atoms with van der Waals surface area (Å²) in [5.41, 5.74) is 2.41. The number of hydrogen-bond donors (Lipinski definition) is 1. The van der Waals surface area contributed by atoms with Gasteiger partial charge in [-0.25, -0.2) is 0 Å². The molecule has 0 aliphatic rings. The molecule has 30 heavy (non-hydrogen) atoms. The molecule has 0 saturated heterocycles. The Balaban J connectivity index is 1.62. The lowest BCUT2D eigenvalue weighted by Gasteiger charge is -2.16. The number of nitrogens with one attached hydrogen (secondary N) is 1. The Labute approximate surface area is 184 Å². The van der Waals surface area contributed by atoms with Gasteiger partial charge in [0, 0.05) is 6.54 Å². The van der Waals surface area contributed by atoms with Crippen LogP contribution < -0.4 is 10.1 Å². The number of aromatic nitrogens is 5. The summed E-state index contributed by atoms with van der Waals surface area (Å²) in [6, 6.07) is 6.03. The van der Waals surface area contributed by atoms with Crippen molar-refractivity contribution in [3.63, 3.8) is 0 Å². The molecule has 0 fully saturated rings. The fraction of sp³-hybridized carbons (Fsp3) is 0.450. The van der Waals surface area contributed by atoms with Gasteiger partial charge in [0.2, 0.25) is 11.0 Å². The van der Waals surface area contributed by atoms with E-state index in [2.05, 4.69) is 39.6 Å². The summed E-state index contributed by atoms with van der Waals surface area (Å²) in [5, 5.41) is 21.4. The number of benzene rings is 1. The van der Waals surface area contributed by atoms with E-state index in [1.165, 1.54) is 34.2 Å². The summed E-state index contributed by atoms with van der Waals surface area (Å²) in [6.45, 7) is 10.8. The second-order valence-electron chi connectivity index (χ2n) is 6.78. The first-order valence-corrected chi connectivity index (χ1v) is 11.6. The maximum absolute atomic E-state index is 12.2. The summed E-state index contributed by atoms with van der Waals surface area (Å²) < 4.78 is 8.06. The lowest BCUT2D eigenvalue weighted by atomic mass is 10.1. The molecule has 10 heteroatoms. The van der Waals surface area contributed by atoms with Crippen molar-refractivity contribution in [2.45, 2.75) is 58.8 Å². The standard InChI is InChI=1S/C20H26N6O2S2/c1-6-17-22-24-19(30-17)21-16(27)11-29-20-25-23-18(26(20)7-2)14(5)28-15-9-8-12(3)13(4)10-15/h8-10,14H,6-7,11H2,1-5H3,(H,21,24,27). The summed E-state index contributed by atoms with van der Waals surface area (Å²) in [5.74, 6) is 1.60. The molecule has 160 valence electrons. The van der Waals surface area contributed by atoms with Crippen LogP contribution in [0.15, 0.2) is 23.4 Å². The van der Waals surface area contributed by atoms with Crippen molar-refractivity contribution < 1.29 is 9.53 Å². The van der Waals surface area contributed by atoms with Gasteiger partial charge in [-0.3, -0.25) is 10.1 Å². The predicted octanol–water partition coefficient (Wildman–Crippen LogP) is 4.20. The van der Waals surface area contributed by atoms with Gasteiger partial charge in [-0.2, -0.15) is 0 Å². The molecule has 1 amide bonds. The van der Waals surface area contributed by atoms with Crippen molar-refractivity contribution in [3.8, 4) is 5.75 Å². The highest BCUT2D eigenvalue weighted by Crippen LogP contribution is 2.26. The number of carbonyl (C=O) groups is 1. The minimum absolute atomic E-state index is 0.148. The van der Waals surface area contributed by atoms with Crippen molar-refractivity contribution in [1.29, 1.82) is 0 Å². The Morgan fingerprint density at radius 2 is 2.00 bits per heavy atom. The first kappa shape index (κ1) is 22.2. The van der Waals surface area contributed by atoms with Crippen LogP contribution in [0.5, 0.6) is 5.75 Å². The third-order valence-electron chi connectivity index (χ3n) is 4.56. The minimum Gasteiger partial charge on any atom is -0.483 e. The zero-order chi connectivity index (χ0) is 21.7. The van der Waals surface area contributed by atoms with Crippen molar-refractivity contribution in [3.05, 3.63) is 40.2 Å². The molecule has 2 heterocycles. The first-order valence-electron chi connectivity index (χ1n) is 9.83. The summed E-state index contributed by atoms with van der Waals surface area (Å²) in [6.07, 6.45) is 0.532. The third-order valence-corrected chi connectivity index (χ3v) is 6.51. The SMILES string of the molecule is CCc1nnc(NC(=O)CSc2nnc(C(C)Oc3ccc(C)c(C)c3)n2CC)s1. The zero-order valence-electron chi connectivity index (χ0n) is 17.8. The molecule has 1 atom stereocenters. The largest absolute Gasteiger partial charge is 0.483 e. The molecule has 0 radical (unpaired) electrons. The van der Waals surface area contributed by atoms with Gasteiger partial charge in [0.25, 0.3) is 0 Å². The van der Waals surface area contributed by atoms with E-state index < -0.39 is 0 Å². The average Bonchev–Trinajstić information content (AvgIpc) is 3.35. The molecular weight excluding hydrogens is 420 g/mol. The van der Waals surface area contributed by atoms with Crippen LogP contribution in [0.2, 0.25) is 0 Å². The Kier molecular flexibility index (Phi) is 7.43. The highest BCUT2D eigenvalue weighted by atomic mass is 32.2. The highest BCUT2D eigenvalue weighted by Gasteiger charge is 2.20. The minimum atomic E-state index is -0.267. The van der Waals surface area contributed by atoms with Crippen LogP contribution in [0.25, 0.3) is 0 Å². The number of carbonyl (C=O) groups excluding carboxylic acids is 1. The fourth-order valence-electron chi connectivity index (χ4n) is 2.78. The molecule has 0 spiro atoms. The van der Waals surface area contributed by atoms with Gasteiger partial charge >= 0.3 is 0 Å². The Bertz CT molecular complexity index is 1020. The van der Waals surface area contributed by atoms with E-state index in [4.69, 9.17) is 4.74 Å². The maximum Gasteiger partial charge on any atom is 0.236 e. The molecule has 1 unspecified atom stereocenters. The van der Waals surface area contributed by atoms with Crippen molar-refractivity contribution in [2.75, 3.05) is 11.1 Å². The van der Waals surface area contributed by atoms with Gasteiger partial charge in [0.15, 0.2) is 17.1 Å². The van der Waals surface area contributed by atoms with Gasteiger partial charge in [0.05, 0.1) is 5.75 Å². The molecule has 1 aromatic carbocycles. The van der Waals surface area contributed by atoms with Crippen LogP contribution in [0.4, 0.5) is 5.13 Å². The zero-order valence-corrected chi connectivity index (χ0v) is 19.4. The fourth-order valence-corrected chi connectivity index (χ4v) is 4.29. The number of anilines is 1. The molecule has 1 N–H and O–H groups in total. The number of hydrogen-bond acceptors (Lipinski definition) is 8. The van der Waals surface area contributed by atoms with E-state index in [9.17, 15) is 4.79 Å². The molecular formula is C20H26N6O2S2. The average molecular weight is 447 g/mol. The number of aryl methyl sites for hydroxylation is 3. The molecule has 3 aromatic rings. The number of ether oxygens (including phenoxy) is 1. The van der Waals surface area contributed by atoms with Gasteiger partial charge in [-0.05, 0) is 57.4 Å². The van der Waals surface area contributed by atoms with Gasteiger partial charge in [0.1, 0.15) is 10.8 Å². The monoisotopic (exact) mass is 446 g/mol. The molecule has 0 aliphatic heterocycles. The molecule has 0 aliphatic carbocycles. The quantitative estimate of drug-likeness (QED) is 0.492. The first-order chi connectivity index (χ1) is 14.4. The smallest absolute Gasteiger partial charge is 0.236 e. The van der Waals surface area contributed by atoms with Crippen molar-refractivity contribution in [2.24, 2.45) is 0 Å². The van der Waals surface area contributed by atoms with Crippen molar-refractivity contribution >= 4 is 34.1 Å². The number of amides is 1. The lowest BCUT2D eigenvalue weighted by Crippen LogP contribution is -2.15. The summed E-state index contributed by atoms with van der Waals surface area (Å²) in [4.78, 5) is 12.2. The van der Waals surface area contributed by atoms with E-state index >= 15 is 0 Å². The molecule has 8 nitrogen and oxygen atoms in total. The van der Waals surface area contributed by atoms with Gasteiger partial charge in [-0.1, -0.05) is 36.1 Å². The Morgan fingerprint density at radius 3 is 2.67 bits per heavy atom. The topological polar surface area (TPSA) is 94.8 Å². The van der Waals surface area contributed by atoms with Gasteiger partial charge in [-0.15, -0.1) is 20.4 Å². The van der Waals surface area contributed by atoms with Crippen LogP contribution in [0.3, 0.4) is 0 Å². The molecule has 0 saturated carbocycles. The van der Waals surface area contributed by atoms with Crippen LogP contribution in [0, 0.1) is 13.8 Å². The Morgan fingerprint density at radius 1 is 1.20 bits per heavy atom. The Hall–Kier alpha value is -2.46. The highest BCUT2D eigenvalue weighted by molar-refractivity contribution is 7.99. The number of nitrogens with zero attached hydrogens (tertiary/aromatic N) is 5. The van der Waals surface area contributed by atoms with E-state index in [1.54, 1.807) is 0 Å². The molecule has 2 aromatic heterocycles. The van der Waals surface area contributed by atoms with Crippen LogP contribution in [0.1, 0.15) is 48.8 Å².